The van der Waals surface area contributed by atoms with E-state index in [1.165, 1.54) is 28.0 Å². The minimum absolute atomic E-state index is 0.115. The van der Waals surface area contributed by atoms with E-state index in [-0.39, 0.29) is 12.6 Å². The highest BCUT2D eigenvalue weighted by Gasteiger charge is 2.38. The van der Waals surface area contributed by atoms with Gasteiger partial charge in [-0.25, -0.2) is 4.98 Å². The number of aromatic nitrogens is 1. The van der Waals surface area contributed by atoms with E-state index in [2.05, 4.69) is 36.3 Å². The van der Waals surface area contributed by atoms with Crippen LogP contribution in [0.3, 0.4) is 0 Å². The normalized spacial score (nSPS) is 17.1. The highest BCUT2D eigenvalue weighted by atomic mass is 32.1. The van der Waals surface area contributed by atoms with Gasteiger partial charge in [0.1, 0.15) is 5.01 Å². The highest BCUT2D eigenvalue weighted by Crippen LogP contribution is 2.33. The molecular weight excluding hydrogens is 474 g/mol. The third-order valence-corrected chi connectivity index (χ3v) is 7.70. The van der Waals surface area contributed by atoms with Crippen LogP contribution in [0, 0.1) is 20.8 Å². The maximum atomic E-state index is 13.0. The first-order valence-electron chi connectivity index (χ1n) is 12.2. The second kappa shape index (κ2) is 11.3. The van der Waals surface area contributed by atoms with Crippen molar-refractivity contribution in [1.29, 1.82) is 0 Å². The van der Waals surface area contributed by atoms with Gasteiger partial charge < -0.3 is 20.4 Å². The number of rotatable bonds is 8. The van der Waals surface area contributed by atoms with Crippen molar-refractivity contribution in [2.24, 2.45) is 0 Å². The number of nitrogens with one attached hydrogen (secondary N) is 1. The summed E-state index contributed by atoms with van der Waals surface area (Å²) in [6, 6.07) is 13.9. The van der Waals surface area contributed by atoms with E-state index in [4.69, 9.17) is 0 Å². The van der Waals surface area contributed by atoms with Gasteiger partial charge in [-0.1, -0.05) is 48.0 Å². The summed E-state index contributed by atoms with van der Waals surface area (Å²) in [5.41, 5.74) is 6.65. The average Bonchev–Trinajstić information content (AvgIpc) is 3.53. The molecule has 0 saturated carbocycles. The Morgan fingerprint density at radius 1 is 1.11 bits per heavy atom. The van der Waals surface area contributed by atoms with Gasteiger partial charge in [-0.15, -0.1) is 11.3 Å². The van der Waals surface area contributed by atoms with Crippen molar-refractivity contribution in [2.45, 2.75) is 64.8 Å². The van der Waals surface area contributed by atoms with Crippen molar-refractivity contribution in [3.63, 3.8) is 0 Å². The standard InChI is InChI=1S/C28H33N3O4S/c1-17-7-4-10-20(13-17)23-11-6-12-31(23)28(35)26(33)25(32)27(34)29-15-24-30-21(16-36-24)14-22-18(2)8-5-9-19(22)3/h4-5,7-10,13,16,23,25-26,32-33H,6,11-12,14-15H2,1-3H3,(H,29,34)/t23?,25-,26-/m1/s1. The Balaban J connectivity index is 1.33. The molecule has 1 aromatic heterocycles. The molecule has 3 aromatic rings. The van der Waals surface area contributed by atoms with Crippen LogP contribution in [0.2, 0.25) is 0 Å². The molecule has 1 aliphatic rings. The monoisotopic (exact) mass is 507 g/mol. The van der Waals surface area contributed by atoms with Gasteiger partial charge >= 0.3 is 0 Å². The number of carbonyl (C=O) groups excluding carboxylic acids is 2. The Labute approximate surface area is 215 Å². The lowest BCUT2D eigenvalue weighted by molar-refractivity contribution is -0.153. The summed E-state index contributed by atoms with van der Waals surface area (Å²) in [4.78, 5) is 31.7. The molecule has 2 heterocycles. The van der Waals surface area contributed by atoms with Gasteiger partial charge in [-0.2, -0.15) is 0 Å². The molecule has 0 bridgehead atoms. The van der Waals surface area contributed by atoms with Crippen molar-refractivity contribution < 1.29 is 19.8 Å². The van der Waals surface area contributed by atoms with E-state index in [0.29, 0.717) is 18.0 Å². The molecular formula is C28H33N3O4S. The Hall–Kier alpha value is -3.07. The summed E-state index contributed by atoms with van der Waals surface area (Å²) in [7, 11) is 0. The van der Waals surface area contributed by atoms with Gasteiger partial charge in [0.05, 0.1) is 18.3 Å². The largest absolute Gasteiger partial charge is 0.380 e. The molecule has 7 nitrogen and oxygen atoms in total. The number of hydrogen-bond donors (Lipinski definition) is 3. The number of likely N-dealkylation sites (tertiary alicyclic amines) is 1. The fourth-order valence-corrected chi connectivity index (χ4v) is 5.52. The highest BCUT2D eigenvalue weighted by molar-refractivity contribution is 7.09. The molecule has 2 amide bonds. The predicted octanol–water partition coefficient (Wildman–Crippen LogP) is 3.36. The van der Waals surface area contributed by atoms with Crippen molar-refractivity contribution in [1.82, 2.24) is 15.2 Å². The Bertz CT molecular complexity index is 1220. The second-order valence-corrected chi connectivity index (χ2v) is 10.4. The average molecular weight is 508 g/mol. The Morgan fingerprint density at radius 2 is 1.83 bits per heavy atom. The van der Waals surface area contributed by atoms with Gasteiger partial charge in [-0.3, -0.25) is 9.59 Å². The fourth-order valence-electron chi connectivity index (χ4n) is 4.79. The third-order valence-electron chi connectivity index (χ3n) is 6.80. The van der Waals surface area contributed by atoms with Crippen LogP contribution in [0.15, 0.2) is 47.8 Å². The van der Waals surface area contributed by atoms with Crippen LogP contribution in [-0.2, 0) is 22.6 Å². The molecule has 1 saturated heterocycles. The molecule has 0 spiro atoms. The van der Waals surface area contributed by atoms with E-state index in [1.54, 1.807) is 4.90 Å². The Kier molecular flexibility index (Phi) is 8.18. The van der Waals surface area contributed by atoms with Gasteiger partial charge in [-0.05, 0) is 55.9 Å². The molecule has 4 rings (SSSR count). The van der Waals surface area contributed by atoms with E-state index >= 15 is 0 Å². The number of carbonyl (C=O) groups is 2. The third kappa shape index (κ3) is 5.83. The van der Waals surface area contributed by atoms with Crippen molar-refractivity contribution in [3.05, 3.63) is 86.4 Å². The Morgan fingerprint density at radius 3 is 2.56 bits per heavy atom. The topological polar surface area (TPSA) is 103 Å². The zero-order valence-electron chi connectivity index (χ0n) is 20.9. The molecule has 8 heteroatoms. The van der Waals surface area contributed by atoms with Crippen LogP contribution >= 0.6 is 11.3 Å². The molecule has 0 radical (unpaired) electrons. The van der Waals surface area contributed by atoms with Gasteiger partial charge in [0.2, 0.25) is 0 Å². The van der Waals surface area contributed by atoms with E-state index in [9.17, 15) is 19.8 Å². The van der Waals surface area contributed by atoms with Gasteiger partial charge in [0.25, 0.3) is 11.8 Å². The van der Waals surface area contributed by atoms with Gasteiger partial charge in [0.15, 0.2) is 12.2 Å². The molecule has 2 aromatic carbocycles. The molecule has 1 fully saturated rings. The minimum atomic E-state index is -1.86. The van der Waals surface area contributed by atoms with Gasteiger partial charge in [0, 0.05) is 18.3 Å². The lowest BCUT2D eigenvalue weighted by atomic mass is 9.99. The first-order valence-corrected chi connectivity index (χ1v) is 13.1. The summed E-state index contributed by atoms with van der Waals surface area (Å²) in [5.74, 6) is -1.43. The fraction of sp³-hybridized carbons (Fsp3) is 0.393. The maximum absolute atomic E-state index is 13.0. The van der Waals surface area contributed by atoms with Crippen LogP contribution in [0.25, 0.3) is 0 Å². The number of thiazole rings is 1. The number of aryl methyl sites for hydroxylation is 3. The molecule has 0 aliphatic carbocycles. The second-order valence-electron chi connectivity index (χ2n) is 9.49. The van der Waals surface area contributed by atoms with Crippen LogP contribution in [-0.4, -0.2) is 50.7 Å². The first kappa shape index (κ1) is 26.0. The number of aliphatic hydroxyl groups is 2. The summed E-state index contributed by atoms with van der Waals surface area (Å²) in [6.07, 6.45) is -1.40. The number of nitrogens with zero attached hydrogens (tertiary/aromatic N) is 2. The number of aliphatic hydroxyl groups excluding tert-OH is 2. The summed E-state index contributed by atoms with van der Waals surface area (Å²) in [6.45, 7) is 6.74. The summed E-state index contributed by atoms with van der Waals surface area (Å²) < 4.78 is 0. The zero-order chi connectivity index (χ0) is 25.8. The lowest BCUT2D eigenvalue weighted by Gasteiger charge is -2.28. The van der Waals surface area contributed by atoms with Crippen LogP contribution in [0.4, 0.5) is 0 Å². The van der Waals surface area contributed by atoms with E-state index in [0.717, 1.165) is 29.7 Å². The number of hydrogen-bond acceptors (Lipinski definition) is 6. The summed E-state index contributed by atoms with van der Waals surface area (Å²) >= 11 is 1.42. The van der Waals surface area contributed by atoms with E-state index < -0.39 is 24.0 Å². The molecule has 36 heavy (non-hydrogen) atoms. The van der Waals surface area contributed by atoms with Crippen LogP contribution in [0.1, 0.15) is 57.4 Å². The minimum Gasteiger partial charge on any atom is -0.380 e. The van der Waals surface area contributed by atoms with Crippen LogP contribution < -0.4 is 5.32 Å². The quantitative estimate of drug-likeness (QED) is 0.434. The summed E-state index contributed by atoms with van der Waals surface area (Å²) in [5, 5.41) is 26.2. The van der Waals surface area contributed by atoms with Crippen molar-refractivity contribution in [2.75, 3.05) is 6.54 Å². The molecule has 1 aliphatic heterocycles. The number of benzene rings is 2. The van der Waals surface area contributed by atoms with Crippen LogP contribution in [0.5, 0.6) is 0 Å². The number of amides is 2. The predicted molar refractivity (Wildman–Crippen MR) is 140 cm³/mol. The van der Waals surface area contributed by atoms with E-state index in [1.807, 2.05) is 42.6 Å². The molecule has 3 N–H and O–H groups in total. The maximum Gasteiger partial charge on any atom is 0.255 e. The zero-order valence-corrected chi connectivity index (χ0v) is 21.7. The SMILES string of the molecule is Cc1cccc(C2CCCN2C(=O)[C@H](O)[C@@H](O)C(=O)NCc2nc(Cc3c(C)cccc3C)cs2)c1. The lowest BCUT2D eigenvalue weighted by Crippen LogP contribution is -2.50. The van der Waals surface area contributed by atoms with Crippen molar-refractivity contribution in [3.8, 4) is 0 Å². The molecule has 1 unspecified atom stereocenters. The molecule has 3 atom stereocenters. The molecule has 190 valence electrons. The smallest absolute Gasteiger partial charge is 0.255 e. The first-order chi connectivity index (χ1) is 17.2. The van der Waals surface area contributed by atoms with Crippen molar-refractivity contribution >= 4 is 23.2 Å².